The van der Waals surface area contributed by atoms with Crippen LogP contribution in [0.25, 0.3) is 0 Å². The molecular formula is C12H14BClO7S. The Labute approximate surface area is 133 Å². The summed E-state index contributed by atoms with van der Waals surface area (Å²) in [6.45, 7) is 1.91. The minimum Gasteiger partial charge on any atom is -0.466 e. The number of hydrogen-bond donors (Lipinski definition) is 1. The van der Waals surface area contributed by atoms with E-state index < -0.39 is 29.3 Å². The van der Waals surface area contributed by atoms with Gasteiger partial charge in [0.2, 0.25) is 0 Å². The lowest BCUT2D eigenvalue weighted by atomic mass is 9.79. The zero-order valence-corrected chi connectivity index (χ0v) is 13.5. The number of ether oxygens (including phenoxy) is 1. The fraction of sp³-hybridized carbons (Fsp3) is 0.417. The highest BCUT2D eigenvalue weighted by atomic mass is 35.5. The molecule has 0 radical (unpaired) electrons. The van der Waals surface area contributed by atoms with Crippen LogP contribution in [0.3, 0.4) is 0 Å². The van der Waals surface area contributed by atoms with Gasteiger partial charge in [-0.25, -0.2) is 0 Å². The molecule has 2 rings (SSSR count). The van der Waals surface area contributed by atoms with Crippen LogP contribution >= 0.6 is 11.6 Å². The van der Waals surface area contributed by atoms with E-state index in [4.69, 9.17) is 25.2 Å². The molecule has 1 aromatic rings. The Balaban J connectivity index is 2.32. The van der Waals surface area contributed by atoms with Crippen molar-refractivity contribution in [2.24, 2.45) is 0 Å². The van der Waals surface area contributed by atoms with Crippen LogP contribution in [0.2, 0.25) is 5.02 Å². The van der Waals surface area contributed by atoms with E-state index in [1.807, 2.05) is 0 Å². The number of hydrogen-bond acceptors (Lipinski definition) is 7. The van der Waals surface area contributed by atoms with Crippen LogP contribution in [0.1, 0.15) is 25.0 Å². The summed E-state index contributed by atoms with van der Waals surface area (Å²) >= 11 is 6.11. The summed E-state index contributed by atoms with van der Waals surface area (Å²) in [7, 11) is -5.05. The topological polar surface area (TPSA) is 99.1 Å². The van der Waals surface area contributed by atoms with E-state index in [9.17, 15) is 18.2 Å². The first-order valence-electron chi connectivity index (χ1n) is 6.43. The average Bonchev–Trinajstić information content (AvgIpc) is 2.64. The molecule has 0 amide bonds. The highest BCUT2D eigenvalue weighted by molar-refractivity contribution is 7.86. The zero-order chi connectivity index (χ0) is 16.5. The Morgan fingerprint density at radius 3 is 2.77 bits per heavy atom. The van der Waals surface area contributed by atoms with Gasteiger partial charge in [0.15, 0.2) is 0 Å². The second-order valence-corrected chi connectivity index (χ2v) is 6.66. The highest BCUT2D eigenvalue weighted by Gasteiger charge is 2.39. The quantitative estimate of drug-likeness (QED) is 0.467. The van der Waals surface area contributed by atoms with E-state index in [0.29, 0.717) is 5.56 Å². The number of halogens is 1. The van der Waals surface area contributed by atoms with E-state index in [1.165, 1.54) is 12.1 Å². The molecule has 1 heterocycles. The van der Waals surface area contributed by atoms with E-state index in [1.54, 1.807) is 6.92 Å². The molecule has 1 unspecified atom stereocenters. The number of fused-ring (bicyclic) bond motifs is 1. The Bertz CT molecular complexity index is 691. The van der Waals surface area contributed by atoms with E-state index in [-0.39, 0.29) is 29.3 Å². The van der Waals surface area contributed by atoms with Crippen LogP contribution in [0.5, 0.6) is 5.75 Å². The smallest absolute Gasteiger partial charge is 0.466 e. The summed E-state index contributed by atoms with van der Waals surface area (Å²) in [4.78, 5) is 11.6. The number of benzene rings is 1. The van der Waals surface area contributed by atoms with Crippen LogP contribution in [0.15, 0.2) is 12.1 Å². The van der Waals surface area contributed by atoms with Gasteiger partial charge in [0.05, 0.1) is 25.4 Å². The summed E-state index contributed by atoms with van der Waals surface area (Å²) in [6, 6.07) is 2.61. The van der Waals surface area contributed by atoms with Crippen molar-refractivity contribution in [3.05, 3.63) is 22.7 Å². The molecule has 1 aliphatic rings. The van der Waals surface area contributed by atoms with Gasteiger partial charge >= 0.3 is 23.2 Å². The summed E-state index contributed by atoms with van der Waals surface area (Å²) in [5, 5.41) is 10.0. The minimum absolute atomic E-state index is 0.0364. The van der Waals surface area contributed by atoms with Crippen molar-refractivity contribution in [1.82, 2.24) is 0 Å². The molecule has 1 N–H and O–H groups in total. The second-order valence-electron chi connectivity index (χ2n) is 4.68. The molecular weight excluding hydrogens is 334 g/mol. The Hall–Kier alpha value is -1.29. The largest absolute Gasteiger partial charge is 0.492 e. The Morgan fingerprint density at radius 1 is 1.50 bits per heavy atom. The normalized spacial score (nSPS) is 17.3. The van der Waals surface area contributed by atoms with E-state index in [0.717, 1.165) is 6.26 Å². The third-order valence-electron chi connectivity index (χ3n) is 2.92. The molecule has 0 saturated heterocycles. The maximum absolute atomic E-state index is 11.6. The molecule has 0 aliphatic carbocycles. The van der Waals surface area contributed by atoms with Crippen molar-refractivity contribution >= 4 is 40.3 Å². The van der Waals surface area contributed by atoms with E-state index in [2.05, 4.69) is 0 Å². The standard InChI is InChI=1S/C12H14BClO7S/c1-3-19-11(15)6-10-12-8(13(16)20-10)4-7(5-9(12)14)21-22(2,17)18/h4-5,10,16H,3,6H2,1-2H3. The van der Waals surface area contributed by atoms with E-state index >= 15 is 0 Å². The minimum atomic E-state index is -3.72. The first-order chi connectivity index (χ1) is 10.2. The van der Waals surface area contributed by atoms with Gasteiger partial charge in [0.25, 0.3) is 0 Å². The Morgan fingerprint density at radius 2 is 2.18 bits per heavy atom. The fourth-order valence-electron chi connectivity index (χ4n) is 2.20. The molecule has 1 atom stereocenters. The first-order valence-corrected chi connectivity index (χ1v) is 8.62. The molecule has 120 valence electrons. The molecule has 0 saturated carbocycles. The molecule has 0 bridgehead atoms. The average molecular weight is 349 g/mol. The highest BCUT2D eigenvalue weighted by Crippen LogP contribution is 2.35. The summed E-state index contributed by atoms with van der Waals surface area (Å²) < 4.78 is 37.2. The van der Waals surface area contributed by atoms with Crippen molar-refractivity contribution in [1.29, 1.82) is 0 Å². The van der Waals surface area contributed by atoms with Crippen molar-refractivity contribution in [2.75, 3.05) is 12.9 Å². The second kappa shape index (κ2) is 6.45. The third-order valence-corrected chi connectivity index (χ3v) is 3.73. The number of carbonyl (C=O) groups excluding carboxylic acids is 1. The van der Waals surface area contributed by atoms with Gasteiger partial charge in [-0.1, -0.05) is 11.6 Å². The molecule has 1 aliphatic heterocycles. The molecule has 0 fully saturated rings. The molecule has 1 aromatic carbocycles. The predicted octanol–water partition coefficient (Wildman–Crippen LogP) is 0.390. The lowest BCUT2D eigenvalue weighted by Crippen LogP contribution is -2.28. The van der Waals surface area contributed by atoms with Crippen molar-refractivity contribution < 1.29 is 31.8 Å². The van der Waals surface area contributed by atoms with Crippen LogP contribution in [-0.4, -0.2) is 39.4 Å². The first kappa shape index (κ1) is 17.1. The molecule has 22 heavy (non-hydrogen) atoms. The number of esters is 1. The Kier molecular flexibility index (Phi) is 5.01. The maximum atomic E-state index is 11.6. The molecule has 0 spiro atoms. The molecule has 7 nitrogen and oxygen atoms in total. The van der Waals surface area contributed by atoms with Crippen molar-refractivity contribution in [3.8, 4) is 5.75 Å². The summed E-state index contributed by atoms with van der Waals surface area (Å²) in [5.74, 6) is -0.522. The maximum Gasteiger partial charge on any atom is 0.492 e. The number of rotatable bonds is 5. The summed E-state index contributed by atoms with van der Waals surface area (Å²) in [5.41, 5.74) is 0.684. The van der Waals surface area contributed by atoms with Crippen molar-refractivity contribution in [3.63, 3.8) is 0 Å². The van der Waals surface area contributed by atoms with Gasteiger partial charge < -0.3 is 18.6 Å². The van der Waals surface area contributed by atoms with Crippen LogP contribution in [0, 0.1) is 0 Å². The third kappa shape index (κ3) is 3.92. The SMILES string of the molecule is CCOC(=O)CC1OB(O)c2cc(OS(C)(=O)=O)cc(Cl)c21. The monoisotopic (exact) mass is 348 g/mol. The lowest BCUT2D eigenvalue weighted by Gasteiger charge is -2.13. The van der Waals surface area contributed by atoms with Gasteiger partial charge in [0.1, 0.15) is 5.75 Å². The predicted molar refractivity (Wildman–Crippen MR) is 79.6 cm³/mol. The van der Waals surface area contributed by atoms with Crippen molar-refractivity contribution in [2.45, 2.75) is 19.4 Å². The molecule has 0 aromatic heterocycles. The molecule has 10 heteroatoms. The fourth-order valence-corrected chi connectivity index (χ4v) is 2.98. The summed E-state index contributed by atoms with van der Waals surface area (Å²) in [6.07, 6.45) is 0.0259. The zero-order valence-electron chi connectivity index (χ0n) is 11.9. The van der Waals surface area contributed by atoms with Crippen LogP contribution < -0.4 is 9.65 Å². The van der Waals surface area contributed by atoms with Gasteiger partial charge in [-0.3, -0.25) is 4.79 Å². The van der Waals surface area contributed by atoms with Gasteiger partial charge in [-0.05, 0) is 24.0 Å². The van der Waals surface area contributed by atoms with Crippen LogP contribution in [-0.2, 0) is 24.3 Å². The van der Waals surface area contributed by atoms with Crippen LogP contribution in [0.4, 0.5) is 0 Å². The lowest BCUT2D eigenvalue weighted by molar-refractivity contribution is -0.145. The van der Waals surface area contributed by atoms with Gasteiger partial charge in [0, 0.05) is 11.1 Å². The van der Waals surface area contributed by atoms with Gasteiger partial charge in [-0.15, -0.1) is 0 Å². The number of carbonyl (C=O) groups is 1. The van der Waals surface area contributed by atoms with Gasteiger partial charge in [-0.2, -0.15) is 8.42 Å².